The predicted molar refractivity (Wildman–Crippen MR) is 101 cm³/mol. The number of amides is 1. The summed E-state index contributed by atoms with van der Waals surface area (Å²) in [5.41, 5.74) is 7.71. The van der Waals surface area contributed by atoms with Crippen LogP contribution >= 0.6 is 11.3 Å². The summed E-state index contributed by atoms with van der Waals surface area (Å²) in [6.45, 7) is 4.50. The minimum absolute atomic E-state index is 0.0207. The number of benzene rings is 1. The van der Waals surface area contributed by atoms with Gasteiger partial charge < -0.3 is 15.8 Å². The van der Waals surface area contributed by atoms with E-state index < -0.39 is 0 Å². The van der Waals surface area contributed by atoms with Crippen LogP contribution in [-0.4, -0.2) is 29.6 Å². The summed E-state index contributed by atoms with van der Waals surface area (Å²) in [7, 11) is 0. The molecule has 6 heteroatoms. The van der Waals surface area contributed by atoms with Crippen molar-refractivity contribution in [3.05, 3.63) is 34.8 Å². The third kappa shape index (κ3) is 4.38. The summed E-state index contributed by atoms with van der Waals surface area (Å²) in [4.78, 5) is 17.9. The molecule has 0 radical (unpaired) electrons. The molecule has 1 fully saturated rings. The zero-order valence-corrected chi connectivity index (χ0v) is 15.6. The maximum absolute atomic E-state index is 12.6. The van der Waals surface area contributed by atoms with Gasteiger partial charge >= 0.3 is 0 Å². The van der Waals surface area contributed by atoms with Crippen LogP contribution in [0.15, 0.2) is 24.3 Å². The Morgan fingerprint density at radius 2 is 1.96 bits per heavy atom. The van der Waals surface area contributed by atoms with Crippen LogP contribution in [0.25, 0.3) is 10.6 Å². The van der Waals surface area contributed by atoms with Gasteiger partial charge in [0.25, 0.3) is 5.91 Å². The largest absolute Gasteiger partial charge is 0.494 e. The number of hydrogen-bond acceptors (Lipinski definition) is 5. The van der Waals surface area contributed by atoms with Crippen LogP contribution in [0.1, 0.15) is 48.0 Å². The first kappa shape index (κ1) is 17.9. The average Bonchev–Trinajstić information content (AvgIpc) is 3.00. The molecule has 3 rings (SSSR count). The Labute approximate surface area is 152 Å². The third-order valence-electron chi connectivity index (χ3n) is 4.52. The minimum Gasteiger partial charge on any atom is -0.494 e. The highest BCUT2D eigenvalue weighted by molar-refractivity contribution is 7.17. The van der Waals surface area contributed by atoms with Crippen molar-refractivity contribution in [3.63, 3.8) is 0 Å². The van der Waals surface area contributed by atoms with Crippen LogP contribution in [0.2, 0.25) is 0 Å². The van der Waals surface area contributed by atoms with Gasteiger partial charge in [-0.1, -0.05) is 0 Å². The number of nitrogens with one attached hydrogen (secondary N) is 1. The number of nitrogens with zero attached hydrogens (tertiary/aromatic N) is 1. The summed E-state index contributed by atoms with van der Waals surface area (Å²) in [5, 5.41) is 4.00. The van der Waals surface area contributed by atoms with Crippen LogP contribution in [-0.2, 0) is 0 Å². The number of ether oxygens (including phenoxy) is 1. The molecule has 1 aromatic carbocycles. The van der Waals surface area contributed by atoms with Crippen molar-refractivity contribution in [2.75, 3.05) is 6.61 Å². The summed E-state index contributed by atoms with van der Waals surface area (Å²) in [6.07, 6.45) is 3.86. The van der Waals surface area contributed by atoms with Gasteiger partial charge in [-0.05, 0) is 63.8 Å². The second-order valence-corrected chi connectivity index (χ2v) is 7.48. The first-order valence-electron chi connectivity index (χ1n) is 8.84. The molecule has 3 N–H and O–H groups in total. The molecule has 0 spiro atoms. The number of thiazole rings is 1. The van der Waals surface area contributed by atoms with E-state index in [2.05, 4.69) is 10.3 Å². The Hall–Kier alpha value is -1.92. The first-order chi connectivity index (χ1) is 12.1. The number of rotatable bonds is 5. The number of nitrogens with two attached hydrogens (primary N) is 1. The molecule has 0 unspecified atom stereocenters. The minimum atomic E-state index is -0.0207. The van der Waals surface area contributed by atoms with Gasteiger partial charge in [0.1, 0.15) is 15.6 Å². The first-order valence-corrected chi connectivity index (χ1v) is 9.65. The standard InChI is InChI=1S/C19H25N3O2S/c1-3-24-16-10-4-13(5-11-16)19-21-12(2)17(25-19)18(23)22-15-8-6-14(20)7-9-15/h4-5,10-11,14-15H,3,6-9,20H2,1-2H3,(H,22,23). The molecule has 1 aliphatic carbocycles. The maximum atomic E-state index is 12.6. The normalized spacial score (nSPS) is 20.3. The van der Waals surface area contributed by atoms with E-state index in [1.54, 1.807) is 0 Å². The van der Waals surface area contributed by atoms with Gasteiger partial charge in [0.2, 0.25) is 0 Å². The highest BCUT2D eigenvalue weighted by atomic mass is 32.1. The Balaban J connectivity index is 1.70. The SMILES string of the molecule is CCOc1ccc(-c2nc(C)c(C(=O)NC3CCC(N)CC3)s2)cc1. The van der Waals surface area contributed by atoms with E-state index in [4.69, 9.17) is 10.5 Å². The van der Waals surface area contributed by atoms with Crippen molar-refractivity contribution in [2.24, 2.45) is 5.73 Å². The second kappa shape index (κ2) is 7.97. The lowest BCUT2D eigenvalue weighted by atomic mass is 9.92. The number of carbonyl (C=O) groups is 1. The zero-order valence-electron chi connectivity index (χ0n) is 14.7. The monoisotopic (exact) mass is 359 g/mol. The molecule has 0 bridgehead atoms. The summed E-state index contributed by atoms with van der Waals surface area (Å²) in [6, 6.07) is 8.33. The van der Waals surface area contributed by atoms with Crippen molar-refractivity contribution in [2.45, 2.75) is 51.6 Å². The van der Waals surface area contributed by atoms with Gasteiger partial charge in [-0.2, -0.15) is 0 Å². The molecular weight excluding hydrogens is 334 g/mol. The summed E-state index contributed by atoms with van der Waals surface area (Å²) in [5.74, 6) is 0.820. The molecule has 5 nitrogen and oxygen atoms in total. The van der Waals surface area contributed by atoms with E-state index in [0.29, 0.717) is 11.5 Å². The molecular formula is C19H25N3O2S. The van der Waals surface area contributed by atoms with Crippen molar-refractivity contribution < 1.29 is 9.53 Å². The second-order valence-electron chi connectivity index (χ2n) is 6.48. The number of aryl methyl sites for hydroxylation is 1. The van der Waals surface area contributed by atoms with Crippen LogP contribution < -0.4 is 15.8 Å². The quantitative estimate of drug-likeness (QED) is 0.856. The molecule has 1 amide bonds. The third-order valence-corrected chi connectivity index (χ3v) is 5.73. The Bertz CT molecular complexity index is 719. The van der Waals surface area contributed by atoms with Gasteiger partial charge in [0.15, 0.2) is 0 Å². The number of hydrogen-bond donors (Lipinski definition) is 2. The molecule has 0 atom stereocenters. The number of aromatic nitrogens is 1. The lowest BCUT2D eigenvalue weighted by Crippen LogP contribution is -2.40. The Morgan fingerprint density at radius 1 is 1.28 bits per heavy atom. The average molecular weight is 359 g/mol. The molecule has 1 saturated carbocycles. The van der Waals surface area contributed by atoms with E-state index in [1.807, 2.05) is 38.1 Å². The van der Waals surface area contributed by atoms with E-state index >= 15 is 0 Å². The van der Waals surface area contributed by atoms with Gasteiger partial charge in [0.05, 0.1) is 12.3 Å². The van der Waals surface area contributed by atoms with Gasteiger partial charge in [-0.15, -0.1) is 11.3 Å². The van der Waals surface area contributed by atoms with E-state index in [-0.39, 0.29) is 18.0 Å². The topological polar surface area (TPSA) is 77.2 Å². The lowest BCUT2D eigenvalue weighted by molar-refractivity contribution is 0.0929. The molecule has 134 valence electrons. The van der Waals surface area contributed by atoms with Crippen LogP contribution in [0.5, 0.6) is 5.75 Å². The summed E-state index contributed by atoms with van der Waals surface area (Å²) < 4.78 is 5.47. The highest BCUT2D eigenvalue weighted by Gasteiger charge is 2.23. The fourth-order valence-corrected chi connectivity index (χ4v) is 4.08. The Morgan fingerprint density at radius 3 is 2.60 bits per heavy atom. The molecule has 1 heterocycles. The molecule has 25 heavy (non-hydrogen) atoms. The highest BCUT2D eigenvalue weighted by Crippen LogP contribution is 2.29. The molecule has 2 aromatic rings. The van der Waals surface area contributed by atoms with Gasteiger partial charge in [-0.25, -0.2) is 4.98 Å². The van der Waals surface area contributed by atoms with E-state index in [0.717, 1.165) is 47.7 Å². The van der Waals surface area contributed by atoms with Crippen molar-refractivity contribution >= 4 is 17.2 Å². The summed E-state index contributed by atoms with van der Waals surface area (Å²) >= 11 is 1.44. The number of carbonyl (C=O) groups excluding carboxylic acids is 1. The Kier molecular flexibility index (Phi) is 5.71. The van der Waals surface area contributed by atoms with E-state index in [9.17, 15) is 4.79 Å². The van der Waals surface area contributed by atoms with Crippen molar-refractivity contribution in [1.82, 2.24) is 10.3 Å². The van der Waals surface area contributed by atoms with Gasteiger partial charge in [0, 0.05) is 17.6 Å². The fourth-order valence-electron chi connectivity index (χ4n) is 3.11. The smallest absolute Gasteiger partial charge is 0.263 e. The van der Waals surface area contributed by atoms with E-state index in [1.165, 1.54) is 11.3 Å². The van der Waals surface area contributed by atoms with Crippen LogP contribution in [0.3, 0.4) is 0 Å². The zero-order chi connectivity index (χ0) is 17.8. The van der Waals surface area contributed by atoms with Gasteiger partial charge in [-0.3, -0.25) is 4.79 Å². The molecule has 0 aliphatic heterocycles. The fraction of sp³-hybridized carbons (Fsp3) is 0.474. The predicted octanol–water partition coefficient (Wildman–Crippen LogP) is 3.52. The molecule has 1 aliphatic rings. The maximum Gasteiger partial charge on any atom is 0.263 e. The van der Waals surface area contributed by atoms with Crippen molar-refractivity contribution in [1.29, 1.82) is 0 Å². The van der Waals surface area contributed by atoms with Crippen molar-refractivity contribution in [3.8, 4) is 16.3 Å². The van der Waals surface area contributed by atoms with Crippen LogP contribution in [0.4, 0.5) is 0 Å². The molecule has 0 saturated heterocycles. The molecule has 1 aromatic heterocycles. The van der Waals surface area contributed by atoms with Crippen LogP contribution in [0, 0.1) is 6.92 Å². The lowest BCUT2D eigenvalue weighted by Gasteiger charge is -2.26.